The van der Waals surface area contributed by atoms with Gasteiger partial charge in [0.25, 0.3) is 0 Å². The summed E-state index contributed by atoms with van der Waals surface area (Å²) >= 11 is 0. The molecule has 22 rings (SSSR count). The number of fused-ring (bicyclic) bond motifs is 7. The maximum atomic E-state index is 12.9. The summed E-state index contributed by atoms with van der Waals surface area (Å²) in [5.41, 5.74) is 4.11. The number of hydrogen-bond acceptors (Lipinski definition) is 21. The van der Waals surface area contributed by atoms with Crippen molar-refractivity contribution in [3.8, 4) is 0 Å². The summed E-state index contributed by atoms with van der Waals surface area (Å²) < 4.78 is 87.3. The number of carbonyl (C=O) groups is 2. The van der Waals surface area contributed by atoms with E-state index in [9.17, 15) is 19.8 Å². The monoisotopic (exact) mass is 2120 g/mol. The molecule has 0 amide bonds. The molecular weight excluding hydrogens is 1970 g/mol. The Morgan fingerprint density at radius 3 is 1.14 bits per heavy atom. The number of ketones is 1. The van der Waals surface area contributed by atoms with E-state index in [2.05, 4.69) is 91.0 Å². The molecule has 7 heterocycles. The zero-order chi connectivity index (χ0) is 99.0. The normalized spacial score (nSPS) is 31.7. The van der Waals surface area contributed by atoms with Gasteiger partial charge in [-0.15, -0.1) is 22.3 Å². The fourth-order valence-electron chi connectivity index (χ4n) is 26.9. The van der Waals surface area contributed by atoms with Crippen LogP contribution < -0.4 is 34.0 Å². The van der Waals surface area contributed by atoms with E-state index >= 15 is 0 Å². The van der Waals surface area contributed by atoms with Crippen LogP contribution in [-0.2, 0) is 81.7 Å². The first-order chi connectivity index (χ1) is 67.7. The molecule has 16 atom stereocenters. The molecule has 142 heavy (non-hydrogen) atoms. The number of methoxy groups -OCH3 is 7. The average Bonchev–Trinajstić information content (AvgIpc) is 1.53. The van der Waals surface area contributed by atoms with Gasteiger partial charge in [-0.25, -0.2) is 10.5 Å². The Balaban J connectivity index is 0.000000199. The molecule has 14 aliphatic rings. The van der Waals surface area contributed by atoms with E-state index in [-0.39, 0.29) is 125 Å². The molecule has 8 aromatic carbocycles. The van der Waals surface area contributed by atoms with Gasteiger partial charge in [-0.2, -0.15) is 72.8 Å². The summed E-state index contributed by atoms with van der Waals surface area (Å²) in [5.74, 6) is -3.04. The summed E-state index contributed by atoms with van der Waals surface area (Å²) in [4.78, 5) is 23.9. The quantitative estimate of drug-likeness (QED) is 0.00719. The largest absolute Gasteiger partial charge is 2.00 e. The average molecular weight is 2120 g/mol. The van der Waals surface area contributed by atoms with Crippen molar-refractivity contribution >= 4 is 67.4 Å². The third-order valence-electron chi connectivity index (χ3n) is 33.3. The maximum Gasteiger partial charge on any atom is 2.00 e. The van der Waals surface area contributed by atoms with Crippen LogP contribution in [0.25, 0.3) is 0 Å². The van der Waals surface area contributed by atoms with E-state index in [1.165, 1.54) is 43.2 Å². The number of aliphatic hydroxyl groups excluding tert-OH is 1. The Morgan fingerprint density at radius 1 is 0.394 bits per heavy atom. The van der Waals surface area contributed by atoms with Gasteiger partial charge < -0.3 is 115 Å². The van der Waals surface area contributed by atoms with Gasteiger partial charge in [-0.1, -0.05) is 206 Å². The van der Waals surface area contributed by atoms with Gasteiger partial charge in [0, 0.05) is 122 Å². The van der Waals surface area contributed by atoms with E-state index in [4.69, 9.17) is 78.1 Å². The van der Waals surface area contributed by atoms with Crippen molar-refractivity contribution in [2.75, 3.05) is 103 Å². The van der Waals surface area contributed by atoms with Crippen LogP contribution in [0.1, 0.15) is 243 Å². The van der Waals surface area contributed by atoms with Crippen LogP contribution in [-0.4, -0.2) is 223 Å². The number of carbonyl (C=O) groups excluding carboxylic acids is 2. The van der Waals surface area contributed by atoms with Gasteiger partial charge in [0.05, 0.1) is 75.3 Å². The predicted molar refractivity (Wildman–Crippen MR) is 549 cm³/mol. The van der Waals surface area contributed by atoms with E-state index in [0.29, 0.717) is 41.5 Å². The Morgan fingerprint density at radius 2 is 0.711 bits per heavy atom. The fraction of sp³-hybridized carbons (Fsp3) is 0.534. The number of aldehydes is 1. The minimum absolute atomic E-state index is 0. The molecule has 0 spiro atoms. The number of aliphatic hydroxyl groups is 2. The minimum atomic E-state index is -1.14. The van der Waals surface area contributed by atoms with Crippen LogP contribution in [0, 0.1) is 50.0 Å². The molecule has 8 aromatic rings. The molecule has 7 saturated heterocycles. The molecule has 14 fully saturated rings. The number of benzene rings is 8. The third-order valence-corrected chi connectivity index (χ3v) is 33.3. The number of hydrogen-bond donors (Lipinski definition) is 4. The van der Waals surface area contributed by atoms with E-state index in [1.54, 1.807) is 42.7 Å². The number of ether oxygens (including phenoxy) is 14. The van der Waals surface area contributed by atoms with E-state index < -0.39 is 51.5 Å². The molecule has 21 nitrogen and oxygen atoms in total. The summed E-state index contributed by atoms with van der Waals surface area (Å²) in [5, 5.41) is 38.6. The van der Waals surface area contributed by atoms with Crippen LogP contribution in [0.15, 0.2) is 268 Å². The third kappa shape index (κ3) is 24.0. The second-order valence-corrected chi connectivity index (χ2v) is 38.6. The van der Waals surface area contributed by atoms with Crippen LogP contribution in [0.5, 0.6) is 0 Å². The predicted octanol–water partition coefficient (Wildman–Crippen LogP) is 16.8. The first kappa shape index (κ1) is 120. The van der Waals surface area contributed by atoms with E-state index in [0.717, 1.165) is 209 Å². The molecule has 16 unspecified atom stereocenters. The summed E-state index contributed by atoms with van der Waals surface area (Å²) in [7, 11) is 12.4. The molecular formula is C116H153Br2Mg2O21P. The summed E-state index contributed by atoms with van der Waals surface area (Å²) in [6, 6.07) is 86.1. The maximum absolute atomic E-state index is 12.9. The van der Waals surface area contributed by atoms with Gasteiger partial charge in [-0.05, 0) is 175 Å². The van der Waals surface area contributed by atoms with Crippen molar-refractivity contribution in [2.24, 2.45) is 37.9 Å². The Labute approximate surface area is 901 Å². The molecule has 4 N–H and O–H groups in total. The Kier molecular flexibility index (Phi) is 47.9. The topological polar surface area (TPSA) is 254 Å². The van der Waals surface area contributed by atoms with Crippen molar-refractivity contribution in [3.63, 3.8) is 0 Å². The molecule has 7 aliphatic heterocycles. The van der Waals surface area contributed by atoms with E-state index in [1.807, 2.05) is 208 Å². The first-order valence-electron chi connectivity index (χ1n) is 50.3. The number of halogens is 2. The van der Waals surface area contributed by atoms with Gasteiger partial charge in [0.1, 0.15) is 11.9 Å². The van der Waals surface area contributed by atoms with Gasteiger partial charge in [0.2, 0.25) is 0 Å². The number of rotatable bonds is 22. The molecule has 26 heteroatoms. The van der Waals surface area contributed by atoms with Crippen LogP contribution in [0.4, 0.5) is 0 Å². The fourth-order valence-corrected chi connectivity index (χ4v) is 26.9. The van der Waals surface area contributed by atoms with Crippen molar-refractivity contribution < 1.29 is 136 Å². The van der Waals surface area contributed by atoms with Gasteiger partial charge >= 0.3 is 46.1 Å². The zero-order valence-corrected chi connectivity index (χ0v) is 92.0. The molecule has 0 bridgehead atoms. The first-order valence-corrected chi connectivity index (χ1v) is 50.8. The Hall–Kier alpha value is -5.26. The molecule has 0 aromatic heterocycles. The summed E-state index contributed by atoms with van der Waals surface area (Å²) in [6.45, 7) is 14.6. The van der Waals surface area contributed by atoms with Crippen LogP contribution in [0.2, 0.25) is 0 Å². The molecule has 766 valence electrons. The van der Waals surface area contributed by atoms with Gasteiger partial charge in [0.15, 0.2) is 46.3 Å². The standard InChI is InChI=1S/C21H24O3.C21H24O2.C15H20O3.C15H18O3.2C11H18O2.C9H14O3.2C6H5.CH5P.2BrH.2Mg.H2O3/c1-23-20-14-8-13-19(20,15-16-24-20)21(22,17-9-4-2-5-10-17)18-11-6-3-7-12-18;1-22-21-14-8-13-20(21,15-16-23-21)19(17-9-4-2-5-10-17)18-11-6-3-7-12-18;2*1-17-15-9-5-8-14(15,10-11-18-15)13(16)12-6-3-2-4-7-12;2*1-3-5-10-6-4-7-11(10,12-2)13-9-8-10;1-11-9-4-2-3-8(9,7-10)5-6-12-9;2*1-2-4-6-5-3-1;1-2;;;;;1-3-2/h2-7,9-12,22H,8,13-16H2,1H3;2-7,9-12,19H,8,13-16H2,1H3;2-4,6-7,13,16H,5,8-11H2,1H3;2-4,6-7H,5,8-11H2,1H3;2*3H,1,4-9H2,2H3;7H,2-6H2,1H3;2*1-5H;2H2,1H3;2*1H;;;1-2H/q;;;;;;;2*-1;;;;2*+2;/p-2/i;;;;;;;;;2D;;;;;. The smallest absolute Gasteiger partial charge is 1.00 e. The zero-order valence-electron chi connectivity index (χ0n) is 86.0. The number of Topliss-reactive ketones (excluding diaryl/α,β-unsaturated/α-hetero) is 1. The second kappa shape index (κ2) is 56.6. The van der Waals surface area contributed by atoms with Crippen LogP contribution in [0.3, 0.4) is 0 Å². The SMILES string of the molecule is C=CCC12CCCC1(OC)OCC2.C=CCC12CCCC1(OC)OCC2.COC12CCCC1(C(=O)c1ccccc1)CCO2.COC12CCCC1(C(O)(c1ccccc1)c1ccccc1)CCO2.COC12CCCC1(C(O)c1ccccc1)CCO2.COC12CCCC1(C(c1ccccc1)c1ccccc1)CCO2.COC12CCCC1(C=O)CCO2.OOO.[2H]PC.[Br-].[Br-].[Mg+2].[Mg+2].[c-]1ccccc1.[c-]1ccccc1. The summed E-state index contributed by atoms with van der Waals surface area (Å²) in [6.07, 6.45) is 34.7. The van der Waals surface area contributed by atoms with Crippen molar-refractivity contribution in [1.29, 1.82) is 1.28 Å². The van der Waals surface area contributed by atoms with Crippen LogP contribution >= 0.6 is 9.18 Å². The van der Waals surface area contributed by atoms with Crippen molar-refractivity contribution in [3.05, 3.63) is 313 Å². The number of allylic oxidation sites excluding steroid dienone is 2. The molecule has 7 aliphatic carbocycles. The second-order valence-electron chi connectivity index (χ2n) is 38.6. The van der Waals surface area contributed by atoms with Gasteiger partial charge in [-0.3, -0.25) is 4.79 Å². The van der Waals surface area contributed by atoms with Crippen molar-refractivity contribution in [1.82, 2.24) is 0 Å². The Bertz CT molecular complexity index is 4680. The van der Waals surface area contributed by atoms with Crippen molar-refractivity contribution in [2.45, 2.75) is 251 Å². The minimum Gasteiger partial charge on any atom is -1.00 e. The molecule has 0 radical (unpaired) electrons. The molecule has 7 saturated carbocycles.